The minimum atomic E-state index is -0.299. The molecule has 8 heteroatoms. The predicted octanol–water partition coefficient (Wildman–Crippen LogP) is 2.81. The van der Waals surface area contributed by atoms with E-state index in [0.29, 0.717) is 40.7 Å². The zero-order valence-electron chi connectivity index (χ0n) is 17.1. The van der Waals surface area contributed by atoms with E-state index in [9.17, 15) is 4.79 Å². The normalized spacial score (nSPS) is 28.9. The van der Waals surface area contributed by atoms with Crippen LogP contribution in [0.25, 0.3) is 0 Å². The summed E-state index contributed by atoms with van der Waals surface area (Å²) in [6.07, 6.45) is 5.34. The lowest BCUT2D eigenvalue weighted by Crippen LogP contribution is -2.72. The Kier molecular flexibility index (Phi) is 5.35. The van der Waals surface area contributed by atoms with E-state index in [1.54, 1.807) is 7.05 Å². The van der Waals surface area contributed by atoms with Crippen LogP contribution in [0, 0.1) is 18.3 Å². The first kappa shape index (κ1) is 19.6. The summed E-state index contributed by atoms with van der Waals surface area (Å²) in [5.41, 5.74) is 1.02. The number of nitrogens with zero attached hydrogens (tertiary/aromatic N) is 2. The molecule has 2 heterocycles. The average molecular weight is 407 g/mol. The molecule has 4 unspecified atom stereocenters. The average Bonchev–Trinajstić information content (AvgIpc) is 3.22. The van der Waals surface area contributed by atoms with Gasteiger partial charge in [0.15, 0.2) is 5.96 Å². The number of thiazole rings is 1. The van der Waals surface area contributed by atoms with Gasteiger partial charge in [-0.05, 0) is 40.0 Å². The number of aromatic nitrogens is 1. The number of ether oxygens (including phenoxy) is 2. The molecule has 1 aromatic rings. The third-order valence-electron chi connectivity index (χ3n) is 6.55. The Morgan fingerprint density at radius 1 is 1.50 bits per heavy atom. The van der Waals surface area contributed by atoms with Crippen LogP contribution in [0.15, 0.2) is 4.99 Å². The summed E-state index contributed by atoms with van der Waals surface area (Å²) in [5, 5.41) is 7.99. The lowest BCUT2D eigenvalue weighted by Gasteiger charge is -2.63. The molecular formula is C20H30N4O3S. The van der Waals surface area contributed by atoms with Gasteiger partial charge in [-0.25, -0.2) is 9.78 Å². The molecule has 1 saturated heterocycles. The highest BCUT2D eigenvalue weighted by Gasteiger charge is 2.66. The zero-order valence-corrected chi connectivity index (χ0v) is 17.9. The van der Waals surface area contributed by atoms with Gasteiger partial charge in [0, 0.05) is 31.0 Å². The number of nitrogens with one attached hydrogen (secondary N) is 2. The van der Waals surface area contributed by atoms with Gasteiger partial charge in [-0.1, -0.05) is 6.42 Å². The van der Waals surface area contributed by atoms with Crippen LogP contribution in [-0.2, 0) is 9.47 Å². The molecule has 4 atom stereocenters. The molecule has 0 bridgehead atoms. The fourth-order valence-corrected chi connectivity index (χ4v) is 5.99. The van der Waals surface area contributed by atoms with Gasteiger partial charge in [-0.3, -0.25) is 4.99 Å². The maximum atomic E-state index is 12.1. The SMILES string of the molecule is CCOC(=O)c1sc(C(C)NC(=NC)NC2C3CCOC3C23CCC3)nc1C. The summed E-state index contributed by atoms with van der Waals surface area (Å²) in [4.78, 5) is 21.7. The molecule has 1 aliphatic heterocycles. The van der Waals surface area contributed by atoms with Crippen molar-refractivity contribution in [1.82, 2.24) is 15.6 Å². The highest BCUT2D eigenvalue weighted by Crippen LogP contribution is 2.62. The Labute approximate surface area is 170 Å². The Bertz CT molecular complexity index is 774. The second-order valence-corrected chi connectivity index (χ2v) is 9.11. The second-order valence-electron chi connectivity index (χ2n) is 8.08. The number of aryl methyl sites for hydroxylation is 1. The lowest BCUT2D eigenvalue weighted by atomic mass is 9.46. The number of hydrogen-bond acceptors (Lipinski definition) is 6. The number of rotatable bonds is 5. The summed E-state index contributed by atoms with van der Waals surface area (Å²) in [6, 6.07) is 0.381. The van der Waals surface area contributed by atoms with Gasteiger partial charge < -0.3 is 20.1 Å². The molecule has 0 aromatic carbocycles. The Morgan fingerprint density at radius 3 is 2.93 bits per heavy atom. The molecule has 3 aliphatic rings. The zero-order chi connectivity index (χ0) is 19.9. The first-order chi connectivity index (χ1) is 13.5. The molecule has 0 amide bonds. The summed E-state index contributed by atoms with van der Waals surface area (Å²) in [5.74, 6) is 1.08. The van der Waals surface area contributed by atoms with Gasteiger partial charge in [0.2, 0.25) is 0 Å². The van der Waals surface area contributed by atoms with Gasteiger partial charge in [0.25, 0.3) is 0 Å². The number of carbonyl (C=O) groups is 1. The maximum Gasteiger partial charge on any atom is 0.350 e. The van der Waals surface area contributed by atoms with Crippen LogP contribution >= 0.6 is 11.3 Å². The Balaban J connectivity index is 1.41. The van der Waals surface area contributed by atoms with Crippen LogP contribution < -0.4 is 10.6 Å². The standard InChI is InChI=1S/C20H30N4O3S/c1-5-26-18(25)14-11(2)22-17(28-14)12(3)23-19(21-4)24-15-13-7-10-27-16(13)20(15)8-6-9-20/h12-13,15-16H,5-10H2,1-4H3,(H2,21,23,24). The van der Waals surface area contributed by atoms with Gasteiger partial charge in [-0.2, -0.15) is 0 Å². The Morgan fingerprint density at radius 2 is 2.29 bits per heavy atom. The van der Waals surface area contributed by atoms with E-state index in [1.807, 2.05) is 20.8 Å². The Hall–Kier alpha value is -1.67. The van der Waals surface area contributed by atoms with Crippen molar-refractivity contribution in [2.75, 3.05) is 20.3 Å². The molecule has 4 rings (SSSR count). The number of carbonyl (C=O) groups excluding carboxylic acids is 1. The van der Waals surface area contributed by atoms with Gasteiger partial charge >= 0.3 is 5.97 Å². The van der Waals surface area contributed by atoms with Crippen LogP contribution in [0.2, 0.25) is 0 Å². The van der Waals surface area contributed by atoms with Crippen molar-refractivity contribution in [2.45, 2.75) is 64.6 Å². The predicted molar refractivity (Wildman–Crippen MR) is 109 cm³/mol. The molecule has 28 heavy (non-hydrogen) atoms. The first-order valence-electron chi connectivity index (χ1n) is 10.3. The van der Waals surface area contributed by atoms with Gasteiger partial charge in [0.05, 0.1) is 24.4 Å². The van der Waals surface area contributed by atoms with Crippen molar-refractivity contribution in [3.05, 3.63) is 15.6 Å². The molecule has 2 aliphatic carbocycles. The maximum absolute atomic E-state index is 12.1. The fourth-order valence-electron chi connectivity index (χ4n) is 5.03. The molecule has 2 saturated carbocycles. The lowest BCUT2D eigenvalue weighted by molar-refractivity contribution is -0.171. The quantitative estimate of drug-likeness (QED) is 0.444. The number of esters is 1. The van der Waals surface area contributed by atoms with E-state index in [2.05, 4.69) is 20.6 Å². The summed E-state index contributed by atoms with van der Waals surface area (Å²) >= 11 is 1.39. The molecular weight excluding hydrogens is 376 g/mol. The van der Waals surface area contributed by atoms with Crippen molar-refractivity contribution in [3.63, 3.8) is 0 Å². The van der Waals surface area contributed by atoms with Gasteiger partial charge in [-0.15, -0.1) is 11.3 Å². The van der Waals surface area contributed by atoms with Crippen molar-refractivity contribution < 1.29 is 14.3 Å². The van der Waals surface area contributed by atoms with Crippen LogP contribution in [0.3, 0.4) is 0 Å². The van der Waals surface area contributed by atoms with Crippen LogP contribution in [0.1, 0.15) is 65.9 Å². The summed E-state index contributed by atoms with van der Waals surface area (Å²) < 4.78 is 11.1. The molecule has 1 spiro atoms. The second kappa shape index (κ2) is 7.63. The minimum Gasteiger partial charge on any atom is -0.462 e. The molecule has 154 valence electrons. The van der Waals surface area contributed by atoms with E-state index in [0.717, 1.165) is 24.0 Å². The molecule has 3 fully saturated rings. The van der Waals surface area contributed by atoms with Crippen molar-refractivity contribution >= 4 is 23.3 Å². The van der Waals surface area contributed by atoms with Crippen LogP contribution in [0.5, 0.6) is 0 Å². The van der Waals surface area contributed by atoms with E-state index in [1.165, 1.54) is 30.6 Å². The molecule has 1 aromatic heterocycles. The molecule has 0 radical (unpaired) electrons. The van der Waals surface area contributed by atoms with E-state index in [4.69, 9.17) is 9.47 Å². The first-order valence-corrected chi connectivity index (χ1v) is 11.1. The van der Waals surface area contributed by atoms with Gasteiger partial charge in [0.1, 0.15) is 9.88 Å². The smallest absolute Gasteiger partial charge is 0.350 e. The van der Waals surface area contributed by atoms with Crippen molar-refractivity contribution in [3.8, 4) is 0 Å². The minimum absolute atomic E-state index is 0.0499. The highest BCUT2D eigenvalue weighted by atomic mass is 32.1. The van der Waals surface area contributed by atoms with E-state index >= 15 is 0 Å². The number of guanidine groups is 1. The van der Waals surface area contributed by atoms with Crippen molar-refractivity contribution in [2.24, 2.45) is 16.3 Å². The number of hydrogen-bond donors (Lipinski definition) is 2. The highest BCUT2D eigenvalue weighted by molar-refractivity contribution is 7.13. The third-order valence-corrected chi connectivity index (χ3v) is 7.87. The van der Waals surface area contributed by atoms with Crippen molar-refractivity contribution in [1.29, 1.82) is 0 Å². The van der Waals surface area contributed by atoms with Crippen LogP contribution in [0.4, 0.5) is 0 Å². The monoisotopic (exact) mass is 406 g/mol. The van der Waals surface area contributed by atoms with E-state index in [-0.39, 0.29) is 12.0 Å². The van der Waals surface area contributed by atoms with E-state index < -0.39 is 0 Å². The van der Waals surface area contributed by atoms with Crippen LogP contribution in [-0.4, -0.2) is 49.3 Å². The fraction of sp³-hybridized carbons (Fsp3) is 0.750. The number of fused-ring (bicyclic) bond motifs is 2. The summed E-state index contributed by atoms with van der Waals surface area (Å²) in [6.45, 7) is 6.95. The third kappa shape index (κ3) is 3.10. The molecule has 2 N–H and O–H groups in total. The summed E-state index contributed by atoms with van der Waals surface area (Å²) in [7, 11) is 1.80. The molecule has 7 nitrogen and oxygen atoms in total. The number of aliphatic imine (C=N–C) groups is 1. The topological polar surface area (TPSA) is 84.8 Å². The largest absolute Gasteiger partial charge is 0.462 e.